The summed E-state index contributed by atoms with van der Waals surface area (Å²) in [5.74, 6) is -3.27. The number of unbranched alkanes of at least 4 members (excludes halogenated alkanes) is 9. The van der Waals surface area contributed by atoms with Gasteiger partial charge in [0, 0.05) is 0 Å². The molecule has 1 unspecified atom stereocenters. The lowest BCUT2D eigenvalue weighted by Gasteiger charge is -2.22. The number of alkyl halides is 3. The van der Waals surface area contributed by atoms with E-state index in [0.29, 0.717) is 24.6 Å². The van der Waals surface area contributed by atoms with Crippen LogP contribution in [-0.4, -0.2) is 24.5 Å². The largest absolute Gasteiger partial charge is 0.464 e. The number of nitrogens with one attached hydrogen (secondary N) is 1. The molecule has 1 amide bonds. The van der Waals surface area contributed by atoms with Crippen LogP contribution in [0.1, 0.15) is 101 Å². The van der Waals surface area contributed by atoms with Crippen molar-refractivity contribution < 1.29 is 31.9 Å². The Kier molecular flexibility index (Phi) is 13.1. The average molecular weight is 476 g/mol. The third-order valence-corrected chi connectivity index (χ3v) is 5.48. The topological polar surface area (TPSA) is 55.4 Å². The first-order chi connectivity index (χ1) is 15.6. The molecule has 1 N–H and O–H groups in total. The van der Waals surface area contributed by atoms with E-state index >= 15 is 0 Å². The maximum atomic E-state index is 13.5. The summed E-state index contributed by atoms with van der Waals surface area (Å²) < 4.78 is 58.3. The van der Waals surface area contributed by atoms with Crippen molar-refractivity contribution in [3.8, 4) is 0 Å². The van der Waals surface area contributed by atoms with Gasteiger partial charge in [-0.2, -0.15) is 13.2 Å². The van der Waals surface area contributed by atoms with Crippen LogP contribution >= 0.6 is 0 Å². The molecule has 33 heavy (non-hydrogen) atoms. The molecule has 8 heteroatoms. The fourth-order valence-corrected chi connectivity index (χ4v) is 3.52. The summed E-state index contributed by atoms with van der Waals surface area (Å²) in [4.78, 5) is 24.9. The van der Waals surface area contributed by atoms with Gasteiger partial charge in [-0.3, -0.25) is 4.79 Å². The highest BCUT2D eigenvalue weighted by Gasteiger charge is 2.36. The Morgan fingerprint density at radius 1 is 0.939 bits per heavy atom. The first-order valence-electron chi connectivity index (χ1n) is 11.9. The normalized spacial score (nSPS) is 12.6. The molecule has 0 fully saturated rings. The predicted octanol–water partition coefficient (Wildman–Crippen LogP) is 7.06. The number of hydrogen-bond donors (Lipinski definition) is 1. The van der Waals surface area contributed by atoms with Gasteiger partial charge in [-0.15, -0.1) is 0 Å². The van der Waals surface area contributed by atoms with Crippen LogP contribution in [0.15, 0.2) is 18.2 Å². The van der Waals surface area contributed by atoms with Gasteiger partial charge in [-0.1, -0.05) is 78.6 Å². The van der Waals surface area contributed by atoms with Gasteiger partial charge in [0.05, 0.1) is 17.7 Å². The number of amides is 1. The van der Waals surface area contributed by atoms with Gasteiger partial charge in [0.2, 0.25) is 0 Å². The second-order valence-electron chi connectivity index (χ2n) is 8.73. The van der Waals surface area contributed by atoms with Gasteiger partial charge >= 0.3 is 12.1 Å². The Bertz CT molecular complexity index is 735. The van der Waals surface area contributed by atoms with Crippen LogP contribution in [0.4, 0.5) is 17.6 Å². The van der Waals surface area contributed by atoms with Crippen molar-refractivity contribution in [2.24, 2.45) is 5.92 Å². The zero-order chi connectivity index (χ0) is 24.9. The summed E-state index contributed by atoms with van der Waals surface area (Å²) in [5.41, 5.74) is -2.13. The van der Waals surface area contributed by atoms with Crippen LogP contribution in [0, 0.1) is 11.7 Å². The number of benzene rings is 1. The highest BCUT2D eigenvalue weighted by atomic mass is 19.4. The molecule has 1 rings (SSSR count). The van der Waals surface area contributed by atoms with Crippen LogP contribution in [0.25, 0.3) is 0 Å². The van der Waals surface area contributed by atoms with E-state index in [1.54, 1.807) is 13.8 Å². The number of esters is 1. The first kappa shape index (κ1) is 28.9. The molecule has 0 aliphatic rings. The minimum atomic E-state index is -4.83. The van der Waals surface area contributed by atoms with Crippen molar-refractivity contribution in [1.82, 2.24) is 5.32 Å². The number of ether oxygens (including phenoxy) is 1. The van der Waals surface area contributed by atoms with Crippen LogP contribution < -0.4 is 5.32 Å². The molecule has 0 saturated carbocycles. The molecule has 188 valence electrons. The van der Waals surface area contributed by atoms with E-state index in [4.69, 9.17) is 4.74 Å². The number of rotatable bonds is 15. The van der Waals surface area contributed by atoms with Crippen LogP contribution in [0.2, 0.25) is 0 Å². The molecule has 0 saturated heterocycles. The van der Waals surface area contributed by atoms with Crippen molar-refractivity contribution >= 4 is 11.9 Å². The molecule has 0 aliphatic heterocycles. The standard InChI is InChI=1S/C25H37F4NO3/c1-4-5-6-7-8-9-10-11-12-13-16-33-24(32)22(18(2)3)30-23(31)20-17-19(26)14-15-21(20)25(27,28)29/h14-15,17-18,22H,4-13,16H2,1-3H3,(H,30,31). The Hall–Kier alpha value is -2.12. The summed E-state index contributed by atoms with van der Waals surface area (Å²) in [6.07, 6.45) is 6.48. The lowest BCUT2D eigenvalue weighted by molar-refractivity contribution is -0.147. The molecular weight excluding hydrogens is 438 g/mol. The van der Waals surface area contributed by atoms with Crippen molar-refractivity contribution in [2.75, 3.05) is 6.61 Å². The Morgan fingerprint density at radius 3 is 2.00 bits per heavy atom. The molecule has 0 radical (unpaired) electrons. The van der Waals surface area contributed by atoms with E-state index in [9.17, 15) is 27.2 Å². The molecule has 0 aromatic heterocycles. The molecule has 0 spiro atoms. The lowest BCUT2D eigenvalue weighted by atomic mass is 10.0. The van der Waals surface area contributed by atoms with Gasteiger partial charge in [0.15, 0.2) is 0 Å². The molecule has 0 heterocycles. The third kappa shape index (κ3) is 11.0. The third-order valence-electron chi connectivity index (χ3n) is 5.48. The second kappa shape index (κ2) is 14.9. The maximum Gasteiger partial charge on any atom is 0.417 e. The molecule has 4 nitrogen and oxygen atoms in total. The van der Waals surface area contributed by atoms with Gasteiger partial charge in [0.1, 0.15) is 11.9 Å². The smallest absolute Gasteiger partial charge is 0.417 e. The Morgan fingerprint density at radius 2 is 1.48 bits per heavy atom. The summed E-state index contributed by atoms with van der Waals surface area (Å²) in [7, 11) is 0. The predicted molar refractivity (Wildman–Crippen MR) is 120 cm³/mol. The SMILES string of the molecule is CCCCCCCCCCCCOC(=O)C(NC(=O)c1cc(F)ccc1C(F)(F)F)C(C)C. The molecule has 0 bridgehead atoms. The van der Waals surface area contributed by atoms with Crippen molar-refractivity contribution in [3.05, 3.63) is 35.1 Å². The fourth-order valence-electron chi connectivity index (χ4n) is 3.52. The number of carbonyl (C=O) groups is 2. The molecule has 0 aliphatic carbocycles. The molecular formula is C25H37F4NO3. The monoisotopic (exact) mass is 475 g/mol. The first-order valence-corrected chi connectivity index (χ1v) is 11.9. The fraction of sp³-hybridized carbons (Fsp3) is 0.680. The van der Waals surface area contributed by atoms with Gasteiger partial charge in [0.25, 0.3) is 5.91 Å². The van der Waals surface area contributed by atoms with Crippen molar-refractivity contribution in [1.29, 1.82) is 0 Å². The molecule has 1 aromatic carbocycles. The van der Waals surface area contributed by atoms with E-state index in [1.807, 2.05) is 0 Å². The highest BCUT2D eigenvalue weighted by Crippen LogP contribution is 2.32. The van der Waals surface area contributed by atoms with Gasteiger partial charge < -0.3 is 10.1 Å². The maximum absolute atomic E-state index is 13.5. The van der Waals surface area contributed by atoms with Gasteiger partial charge in [-0.05, 0) is 30.5 Å². The summed E-state index contributed by atoms with van der Waals surface area (Å²) >= 11 is 0. The Labute approximate surface area is 194 Å². The zero-order valence-electron chi connectivity index (χ0n) is 19.9. The quantitative estimate of drug-likeness (QED) is 0.168. The van der Waals surface area contributed by atoms with E-state index in [2.05, 4.69) is 12.2 Å². The summed E-state index contributed by atoms with van der Waals surface area (Å²) in [6, 6.07) is 0.535. The second-order valence-corrected chi connectivity index (χ2v) is 8.73. The Balaban J connectivity index is 2.48. The minimum Gasteiger partial charge on any atom is -0.464 e. The van der Waals surface area contributed by atoms with Crippen LogP contribution in [0.5, 0.6) is 0 Å². The zero-order valence-corrected chi connectivity index (χ0v) is 19.9. The van der Waals surface area contributed by atoms with Crippen LogP contribution in [0.3, 0.4) is 0 Å². The van der Waals surface area contributed by atoms with Gasteiger partial charge in [-0.25, -0.2) is 9.18 Å². The van der Waals surface area contributed by atoms with Crippen LogP contribution in [-0.2, 0) is 15.7 Å². The number of hydrogen-bond acceptors (Lipinski definition) is 3. The minimum absolute atomic E-state index is 0.183. The highest BCUT2D eigenvalue weighted by molar-refractivity contribution is 5.98. The number of halogens is 4. The van der Waals surface area contributed by atoms with Crippen molar-refractivity contribution in [2.45, 2.75) is 97.2 Å². The lowest BCUT2D eigenvalue weighted by Crippen LogP contribution is -2.45. The van der Waals surface area contributed by atoms with E-state index in [-0.39, 0.29) is 6.61 Å². The average Bonchev–Trinajstić information content (AvgIpc) is 2.74. The summed E-state index contributed by atoms with van der Waals surface area (Å²) in [6.45, 7) is 5.66. The van der Waals surface area contributed by atoms with E-state index < -0.39 is 47.0 Å². The number of carbonyl (C=O) groups excluding carboxylic acids is 2. The van der Waals surface area contributed by atoms with E-state index in [1.165, 1.54) is 38.5 Å². The summed E-state index contributed by atoms with van der Waals surface area (Å²) in [5, 5.41) is 2.28. The molecule has 1 atom stereocenters. The van der Waals surface area contributed by atoms with E-state index in [0.717, 1.165) is 19.3 Å². The van der Waals surface area contributed by atoms with Crippen molar-refractivity contribution in [3.63, 3.8) is 0 Å². The molecule has 1 aromatic rings.